The van der Waals surface area contributed by atoms with Crippen LogP contribution in [-0.4, -0.2) is 23.2 Å². The Hall–Kier alpha value is -2.86. The number of anilines is 2. The number of hydrogen-bond acceptors (Lipinski definition) is 5. The molecule has 0 saturated carbocycles. The smallest absolute Gasteiger partial charge is 0.335 e. The van der Waals surface area contributed by atoms with Crippen molar-refractivity contribution in [3.63, 3.8) is 0 Å². The van der Waals surface area contributed by atoms with Crippen molar-refractivity contribution < 1.29 is 14.6 Å². The van der Waals surface area contributed by atoms with Crippen LogP contribution in [0.2, 0.25) is 0 Å². The normalized spacial score (nSPS) is 10.3. The summed E-state index contributed by atoms with van der Waals surface area (Å²) in [4.78, 5) is 15.5. The van der Waals surface area contributed by atoms with Crippen LogP contribution in [0.3, 0.4) is 0 Å². The number of methoxy groups -OCH3 is 1. The van der Waals surface area contributed by atoms with Crippen LogP contribution in [0.1, 0.15) is 10.4 Å². The van der Waals surface area contributed by atoms with E-state index in [0.717, 1.165) is 17.0 Å². The molecule has 116 valence electrons. The van der Waals surface area contributed by atoms with E-state index in [0.29, 0.717) is 10.8 Å². The monoisotopic (exact) mass is 326 g/mol. The highest BCUT2D eigenvalue weighted by Gasteiger charge is 2.07. The fourth-order valence-corrected chi connectivity index (χ4v) is 2.82. The predicted molar refractivity (Wildman–Crippen MR) is 90.8 cm³/mol. The van der Waals surface area contributed by atoms with Crippen molar-refractivity contribution in [1.29, 1.82) is 0 Å². The minimum atomic E-state index is -0.952. The largest absolute Gasteiger partial charge is 0.497 e. The summed E-state index contributed by atoms with van der Waals surface area (Å²) in [6.07, 6.45) is 0. The molecule has 0 aliphatic carbocycles. The quantitative estimate of drug-likeness (QED) is 0.733. The molecule has 5 nitrogen and oxygen atoms in total. The molecule has 0 unspecified atom stereocenters. The Morgan fingerprint density at radius 3 is 2.70 bits per heavy atom. The maximum absolute atomic E-state index is 11.0. The first-order valence-electron chi connectivity index (χ1n) is 6.86. The van der Waals surface area contributed by atoms with Crippen LogP contribution in [0, 0.1) is 0 Å². The standard InChI is InChI=1S/C17H14N2O3S/c1-22-14-7-5-11(6-8-14)15-10-23-17(19-15)18-13-4-2-3-12(9-13)16(20)21/h2-10H,1H3,(H,18,19)(H,20,21). The predicted octanol–water partition coefficient (Wildman–Crippen LogP) is 4.26. The Kier molecular flexibility index (Phi) is 4.25. The molecule has 23 heavy (non-hydrogen) atoms. The Balaban J connectivity index is 1.79. The number of carboxylic acids is 1. The number of carboxylic acid groups (broad SMARTS) is 1. The third-order valence-electron chi connectivity index (χ3n) is 3.25. The number of aromatic carboxylic acids is 1. The number of nitrogens with zero attached hydrogens (tertiary/aromatic N) is 1. The highest BCUT2D eigenvalue weighted by molar-refractivity contribution is 7.14. The number of hydrogen-bond donors (Lipinski definition) is 2. The lowest BCUT2D eigenvalue weighted by Crippen LogP contribution is -1.97. The molecule has 0 fully saturated rings. The number of nitrogens with one attached hydrogen (secondary N) is 1. The zero-order valence-electron chi connectivity index (χ0n) is 12.3. The van der Waals surface area contributed by atoms with Gasteiger partial charge < -0.3 is 15.2 Å². The van der Waals surface area contributed by atoms with E-state index in [1.54, 1.807) is 31.4 Å². The molecule has 1 heterocycles. The maximum Gasteiger partial charge on any atom is 0.335 e. The SMILES string of the molecule is COc1ccc(-c2csc(Nc3cccc(C(=O)O)c3)n2)cc1. The van der Waals surface area contributed by atoms with Gasteiger partial charge in [-0.25, -0.2) is 9.78 Å². The van der Waals surface area contributed by atoms with Crippen LogP contribution in [0.5, 0.6) is 5.75 Å². The van der Waals surface area contributed by atoms with Crippen LogP contribution in [0.15, 0.2) is 53.9 Å². The van der Waals surface area contributed by atoms with Gasteiger partial charge in [0.2, 0.25) is 0 Å². The van der Waals surface area contributed by atoms with E-state index >= 15 is 0 Å². The van der Waals surface area contributed by atoms with Gasteiger partial charge in [0, 0.05) is 16.6 Å². The van der Waals surface area contributed by atoms with Gasteiger partial charge in [0.05, 0.1) is 18.4 Å². The zero-order valence-corrected chi connectivity index (χ0v) is 13.1. The summed E-state index contributed by atoms with van der Waals surface area (Å²) in [6.45, 7) is 0. The van der Waals surface area contributed by atoms with Crippen LogP contribution < -0.4 is 10.1 Å². The van der Waals surface area contributed by atoms with E-state index in [4.69, 9.17) is 9.84 Å². The molecule has 0 atom stereocenters. The van der Waals surface area contributed by atoms with E-state index in [1.807, 2.05) is 29.6 Å². The number of benzene rings is 2. The fourth-order valence-electron chi connectivity index (χ4n) is 2.08. The summed E-state index contributed by atoms with van der Waals surface area (Å²) in [5.74, 6) is -0.153. The second kappa shape index (κ2) is 6.50. The molecule has 3 aromatic rings. The molecule has 0 saturated heterocycles. The lowest BCUT2D eigenvalue weighted by molar-refractivity contribution is 0.0697. The van der Waals surface area contributed by atoms with Gasteiger partial charge in [-0.1, -0.05) is 6.07 Å². The van der Waals surface area contributed by atoms with Gasteiger partial charge >= 0.3 is 5.97 Å². The molecule has 3 rings (SSSR count). The van der Waals surface area contributed by atoms with Crippen LogP contribution >= 0.6 is 11.3 Å². The molecule has 0 amide bonds. The molecule has 0 aliphatic rings. The van der Waals surface area contributed by atoms with Gasteiger partial charge in [-0.2, -0.15) is 0 Å². The number of carbonyl (C=O) groups is 1. The first kappa shape index (κ1) is 15.1. The molecular weight excluding hydrogens is 312 g/mol. The van der Waals surface area contributed by atoms with E-state index < -0.39 is 5.97 Å². The third-order valence-corrected chi connectivity index (χ3v) is 4.01. The third kappa shape index (κ3) is 3.49. The van der Waals surface area contributed by atoms with Crippen molar-refractivity contribution in [2.75, 3.05) is 12.4 Å². The van der Waals surface area contributed by atoms with E-state index in [-0.39, 0.29) is 5.56 Å². The average Bonchev–Trinajstić information content (AvgIpc) is 3.03. The van der Waals surface area contributed by atoms with Gasteiger partial charge in [-0.3, -0.25) is 0 Å². The van der Waals surface area contributed by atoms with Crippen molar-refractivity contribution in [2.45, 2.75) is 0 Å². The molecule has 6 heteroatoms. The fraction of sp³-hybridized carbons (Fsp3) is 0.0588. The topological polar surface area (TPSA) is 71.5 Å². The number of aromatic nitrogens is 1. The molecule has 2 aromatic carbocycles. The maximum atomic E-state index is 11.0. The second-order valence-corrected chi connectivity index (χ2v) is 5.64. The summed E-state index contributed by atoms with van der Waals surface area (Å²) >= 11 is 1.46. The average molecular weight is 326 g/mol. The number of ether oxygens (including phenoxy) is 1. The van der Waals surface area contributed by atoms with Crippen LogP contribution in [0.25, 0.3) is 11.3 Å². The Labute approximate surface area is 137 Å². The Morgan fingerprint density at radius 1 is 1.22 bits per heavy atom. The van der Waals surface area contributed by atoms with Crippen LogP contribution in [-0.2, 0) is 0 Å². The summed E-state index contributed by atoms with van der Waals surface area (Å²) in [6, 6.07) is 14.3. The summed E-state index contributed by atoms with van der Waals surface area (Å²) < 4.78 is 5.14. The highest BCUT2D eigenvalue weighted by Crippen LogP contribution is 2.28. The highest BCUT2D eigenvalue weighted by atomic mass is 32.1. The Bertz CT molecular complexity index is 828. The van der Waals surface area contributed by atoms with Crippen molar-refractivity contribution in [2.24, 2.45) is 0 Å². The second-order valence-electron chi connectivity index (χ2n) is 4.78. The number of rotatable bonds is 5. The van der Waals surface area contributed by atoms with E-state index in [9.17, 15) is 4.79 Å². The van der Waals surface area contributed by atoms with Crippen molar-refractivity contribution in [3.05, 3.63) is 59.5 Å². The summed E-state index contributed by atoms with van der Waals surface area (Å²) in [5, 5.41) is 14.8. The van der Waals surface area contributed by atoms with E-state index in [1.165, 1.54) is 11.3 Å². The molecule has 0 aliphatic heterocycles. The molecule has 0 radical (unpaired) electrons. The first-order chi connectivity index (χ1) is 11.2. The van der Waals surface area contributed by atoms with Crippen molar-refractivity contribution in [3.8, 4) is 17.0 Å². The molecule has 1 aromatic heterocycles. The summed E-state index contributed by atoms with van der Waals surface area (Å²) in [5.41, 5.74) is 2.78. The first-order valence-corrected chi connectivity index (χ1v) is 7.74. The van der Waals surface area contributed by atoms with Gasteiger partial charge in [0.15, 0.2) is 5.13 Å². The van der Waals surface area contributed by atoms with Crippen LogP contribution in [0.4, 0.5) is 10.8 Å². The lowest BCUT2D eigenvalue weighted by atomic mass is 10.2. The molecular formula is C17H14N2O3S. The zero-order chi connectivity index (χ0) is 16.2. The van der Waals surface area contributed by atoms with Crippen molar-refractivity contribution in [1.82, 2.24) is 4.98 Å². The minimum Gasteiger partial charge on any atom is -0.497 e. The molecule has 0 bridgehead atoms. The van der Waals surface area contributed by atoms with Gasteiger partial charge in [0.1, 0.15) is 5.75 Å². The number of thiazole rings is 1. The van der Waals surface area contributed by atoms with E-state index in [2.05, 4.69) is 10.3 Å². The van der Waals surface area contributed by atoms with Gasteiger partial charge in [0.25, 0.3) is 0 Å². The molecule has 2 N–H and O–H groups in total. The van der Waals surface area contributed by atoms with Gasteiger partial charge in [-0.05, 0) is 42.5 Å². The minimum absolute atomic E-state index is 0.238. The van der Waals surface area contributed by atoms with Gasteiger partial charge in [-0.15, -0.1) is 11.3 Å². The Morgan fingerprint density at radius 2 is 2.00 bits per heavy atom. The lowest BCUT2D eigenvalue weighted by Gasteiger charge is -2.03. The molecule has 0 spiro atoms. The van der Waals surface area contributed by atoms with Crippen molar-refractivity contribution >= 4 is 28.1 Å². The summed E-state index contributed by atoms with van der Waals surface area (Å²) in [7, 11) is 1.63.